The van der Waals surface area contributed by atoms with Crippen LogP contribution in [0.25, 0.3) is 0 Å². The Balaban J connectivity index is 1.78. The van der Waals surface area contributed by atoms with Gasteiger partial charge in [0.1, 0.15) is 4.99 Å². The minimum absolute atomic E-state index is 0.289. The SMILES string of the molecule is NC(=S)c1ccc(Nc2ccc3c(c2)OCCCO3)cn1. The molecule has 6 heteroatoms. The lowest BCUT2D eigenvalue weighted by Gasteiger charge is -2.11. The molecule has 0 radical (unpaired) electrons. The molecule has 0 spiro atoms. The number of fused-ring (bicyclic) bond motifs is 1. The number of nitrogens with one attached hydrogen (secondary N) is 1. The molecular formula is C15H15N3O2S. The predicted molar refractivity (Wildman–Crippen MR) is 85.5 cm³/mol. The van der Waals surface area contributed by atoms with Gasteiger partial charge in [-0.25, -0.2) is 0 Å². The fraction of sp³-hybridized carbons (Fsp3) is 0.200. The largest absolute Gasteiger partial charge is 0.490 e. The number of rotatable bonds is 3. The minimum Gasteiger partial charge on any atom is -0.490 e. The summed E-state index contributed by atoms with van der Waals surface area (Å²) in [7, 11) is 0. The van der Waals surface area contributed by atoms with Gasteiger partial charge in [-0.3, -0.25) is 4.98 Å². The molecule has 0 saturated heterocycles. The van der Waals surface area contributed by atoms with Crippen LogP contribution in [-0.2, 0) is 0 Å². The maximum atomic E-state index is 5.66. The van der Waals surface area contributed by atoms with E-state index < -0.39 is 0 Å². The predicted octanol–water partition coefficient (Wildman–Crippen LogP) is 2.62. The van der Waals surface area contributed by atoms with Gasteiger partial charge in [0.2, 0.25) is 0 Å². The van der Waals surface area contributed by atoms with Crippen LogP contribution in [0.15, 0.2) is 36.5 Å². The molecule has 1 aromatic heterocycles. The van der Waals surface area contributed by atoms with E-state index in [1.807, 2.05) is 24.3 Å². The summed E-state index contributed by atoms with van der Waals surface area (Å²) in [6, 6.07) is 9.43. The van der Waals surface area contributed by atoms with Gasteiger partial charge in [-0.1, -0.05) is 12.2 Å². The third kappa shape index (κ3) is 3.22. The molecule has 1 aliphatic heterocycles. The van der Waals surface area contributed by atoms with Crippen molar-refractivity contribution in [2.45, 2.75) is 6.42 Å². The molecule has 21 heavy (non-hydrogen) atoms. The van der Waals surface area contributed by atoms with Crippen LogP contribution in [0, 0.1) is 0 Å². The molecular weight excluding hydrogens is 286 g/mol. The number of hydrogen-bond acceptors (Lipinski definition) is 5. The second-order valence-corrected chi connectivity index (χ2v) is 5.07. The molecule has 0 amide bonds. The summed E-state index contributed by atoms with van der Waals surface area (Å²) in [6.07, 6.45) is 2.58. The summed E-state index contributed by atoms with van der Waals surface area (Å²) in [6.45, 7) is 1.35. The second-order valence-electron chi connectivity index (χ2n) is 4.63. The molecule has 1 aliphatic rings. The molecule has 0 bridgehead atoms. The fourth-order valence-corrected chi connectivity index (χ4v) is 2.14. The molecule has 3 rings (SSSR count). The molecule has 0 unspecified atom stereocenters. The van der Waals surface area contributed by atoms with Gasteiger partial charge in [0.25, 0.3) is 0 Å². The van der Waals surface area contributed by atoms with Crippen LogP contribution in [0.4, 0.5) is 11.4 Å². The molecule has 0 atom stereocenters. The van der Waals surface area contributed by atoms with E-state index >= 15 is 0 Å². The zero-order valence-electron chi connectivity index (χ0n) is 11.3. The Morgan fingerprint density at radius 2 is 1.86 bits per heavy atom. The number of anilines is 2. The van der Waals surface area contributed by atoms with E-state index in [1.54, 1.807) is 12.3 Å². The Labute approximate surface area is 128 Å². The van der Waals surface area contributed by atoms with Gasteiger partial charge in [0, 0.05) is 18.2 Å². The normalized spacial score (nSPS) is 13.3. The molecule has 2 heterocycles. The summed E-state index contributed by atoms with van der Waals surface area (Å²) in [5.74, 6) is 1.53. The molecule has 5 nitrogen and oxygen atoms in total. The Morgan fingerprint density at radius 3 is 2.57 bits per heavy atom. The smallest absolute Gasteiger partial charge is 0.163 e. The van der Waals surface area contributed by atoms with Crippen molar-refractivity contribution in [1.82, 2.24) is 4.98 Å². The molecule has 108 valence electrons. The summed E-state index contributed by atoms with van der Waals surface area (Å²) in [5, 5.41) is 3.26. The highest BCUT2D eigenvalue weighted by molar-refractivity contribution is 7.80. The highest BCUT2D eigenvalue weighted by Crippen LogP contribution is 2.33. The van der Waals surface area contributed by atoms with Crippen LogP contribution < -0.4 is 20.5 Å². The standard InChI is InChI=1S/C15H15N3O2S/c16-15(21)12-4-2-11(9-17-12)18-10-3-5-13-14(8-10)20-7-1-6-19-13/h2-5,8-9,18H,1,6-7H2,(H2,16,21). The van der Waals surface area contributed by atoms with Crippen molar-refractivity contribution in [1.29, 1.82) is 0 Å². The van der Waals surface area contributed by atoms with Crippen molar-refractivity contribution in [3.05, 3.63) is 42.2 Å². The van der Waals surface area contributed by atoms with Crippen LogP contribution in [0.1, 0.15) is 12.1 Å². The van der Waals surface area contributed by atoms with Gasteiger partial charge in [-0.05, 0) is 24.3 Å². The second kappa shape index (κ2) is 5.97. The molecule has 0 saturated carbocycles. The maximum absolute atomic E-state index is 5.66. The number of pyridine rings is 1. The van der Waals surface area contributed by atoms with E-state index in [4.69, 9.17) is 27.4 Å². The number of ether oxygens (including phenoxy) is 2. The van der Waals surface area contributed by atoms with E-state index in [9.17, 15) is 0 Å². The maximum Gasteiger partial charge on any atom is 0.163 e. The quantitative estimate of drug-likeness (QED) is 0.849. The summed E-state index contributed by atoms with van der Waals surface area (Å²) >= 11 is 4.88. The molecule has 1 aromatic carbocycles. The first kappa shape index (κ1) is 13.6. The highest BCUT2D eigenvalue weighted by Gasteiger charge is 2.10. The van der Waals surface area contributed by atoms with Crippen LogP contribution in [0.2, 0.25) is 0 Å². The van der Waals surface area contributed by atoms with Crippen molar-refractivity contribution in [3.63, 3.8) is 0 Å². The lowest BCUT2D eigenvalue weighted by Crippen LogP contribution is -2.11. The Hall–Kier alpha value is -2.34. The van der Waals surface area contributed by atoms with Gasteiger partial charge >= 0.3 is 0 Å². The van der Waals surface area contributed by atoms with Crippen molar-refractivity contribution in [2.75, 3.05) is 18.5 Å². The zero-order chi connectivity index (χ0) is 14.7. The van der Waals surface area contributed by atoms with Crippen molar-refractivity contribution in [2.24, 2.45) is 5.73 Å². The average molecular weight is 301 g/mol. The van der Waals surface area contributed by atoms with Gasteiger partial charge in [-0.2, -0.15) is 0 Å². The van der Waals surface area contributed by atoms with Crippen molar-refractivity contribution < 1.29 is 9.47 Å². The molecule has 0 fully saturated rings. The monoisotopic (exact) mass is 301 g/mol. The number of nitrogens with zero attached hydrogens (tertiary/aromatic N) is 1. The van der Waals surface area contributed by atoms with E-state index in [-0.39, 0.29) is 4.99 Å². The van der Waals surface area contributed by atoms with Crippen LogP contribution in [-0.4, -0.2) is 23.2 Å². The number of benzene rings is 1. The summed E-state index contributed by atoms with van der Waals surface area (Å²) in [5.41, 5.74) is 7.89. The number of hydrogen-bond donors (Lipinski definition) is 2. The van der Waals surface area contributed by atoms with Crippen LogP contribution in [0.3, 0.4) is 0 Å². The van der Waals surface area contributed by atoms with Crippen LogP contribution >= 0.6 is 12.2 Å². The zero-order valence-corrected chi connectivity index (χ0v) is 12.2. The third-order valence-electron chi connectivity index (χ3n) is 3.05. The van der Waals surface area contributed by atoms with Crippen molar-refractivity contribution >= 4 is 28.6 Å². The molecule has 3 N–H and O–H groups in total. The molecule has 2 aromatic rings. The molecule has 0 aliphatic carbocycles. The van der Waals surface area contributed by atoms with Gasteiger partial charge < -0.3 is 20.5 Å². The fourth-order valence-electron chi connectivity index (χ4n) is 2.02. The Bertz CT molecular complexity index is 658. The van der Waals surface area contributed by atoms with Gasteiger partial charge in [-0.15, -0.1) is 0 Å². The van der Waals surface area contributed by atoms with E-state index in [1.165, 1.54) is 0 Å². The minimum atomic E-state index is 0.289. The lowest BCUT2D eigenvalue weighted by atomic mass is 10.2. The van der Waals surface area contributed by atoms with E-state index in [0.29, 0.717) is 18.9 Å². The average Bonchev–Trinajstić information content (AvgIpc) is 2.72. The topological polar surface area (TPSA) is 69.4 Å². The van der Waals surface area contributed by atoms with E-state index in [2.05, 4.69) is 10.3 Å². The first-order valence-corrected chi connectivity index (χ1v) is 7.06. The summed E-state index contributed by atoms with van der Waals surface area (Å²) < 4.78 is 11.3. The third-order valence-corrected chi connectivity index (χ3v) is 3.26. The number of aromatic nitrogens is 1. The first-order valence-electron chi connectivity index (χ1n) is 6.65. The highest BCUT2D eigenvalue weighted by atomic mass is 32.1. The van der Waals surface area contributed by atoms with E-state index in [0.717, 1.165) is 29.3 Å². The van der Waals surface area contributed by atoms with Gasteiger partial charge in [0.15, 0.2) is 11.5 Å². The Kier molecular flexibility index (Phi) is 3.87. The van der Waals surface area contributed by atoms with Crippen molar-refractivity contribution in [3.8, 4) is 11.5 Å². The number of nitrogens with two attached hydrogens (primary N) is 1. The first-order chi connectivity index (χ1) is 10.2. The number of thiocarbonyl (C=S) groups is 1. The summed E-state index contributed by atoms with van der Waals surface area (Å²) in [4.78, 5) is 4.48. The lowest BCUT2D eigenvalue weighted by molar-refractivity contribution is 0.297. The Morgan fingerprint density at radius 1 is 1.10 bits per heavy atom. The van der Waals surface area contributed by atoms with Crippen LogP contribution in [0.5, 0.6) is 11.5 Å². The van der Waals surface area contributed by atoms with Gasteiger partial charge in [0.05, 0.1) is 30.8 Å².